The maximum absolute atomic E-state index is 6.58. The Labute approximate surface area is 776 Å². The molecule has 21 aromatic rings. The van der Waals surface area contributed by atoms with Crippen molar-refractivity contribution in [3.8, 4) is 135 Å². The second-order valence-corrected chi connectivity index (χ2v) is 35.8. The number of fused-ring (bicyclic) bond motifs is 9. The van der Waals surface area contributed by atoms with Crippen LogP contribution in [0.5, 0.6) is 0 Å². The van der Waals surface area contributed by atoms with Gasteiger partial charge in [0.05, 0.1) is 66.9 Å². The fourth-order valence-electron chi connectivity index (χ4n) is 17.0. The molecule has 133 heavy (non-hydrogen) atoms. The second kappa shape index (κ2) is 35.1. The van der Waals surface area contributed by atoms with E-state index in [2.05, 4.69) is 308 Å². The summed E-state index contributed by atoms with van der Waals surface area (Å²) in [4.78, 5) is 60.0. The van der Waals surface area contributed by atoms with E-state index in [1.807, 2.05) is 128 Å². The Bertz CT molecular complexity index is 7610. The lowest BCUT2D eigenvalue weighted by molar-refractivity contribution is 0.00578. The summed E-state index contributed by atoms with van der Waals surface area (Å²) in [6.07, 6.45) is 5.41. The Balaban J connectivity index is 0.000000139. The van der Waals surface area contributed by atoms with Crippen LogP contribution in [0, 0.1) is 0 Å². The van der Waals surface area contributed by atoms with Crippen LogP contribution in [0.2, 0.25) is 5.15 Å². The van der Waals surface area contributed by atoms with E-state index in [1.165, 1.54) is 0 Å². The van der Waals surface area contributed by atoms with Crippen molar-refractivity contribution in [2.24, 2.45) is 0 Å². The maximum Gasteiger partial charge on any atom is 0.494 e. The number of pyridine rings is 6. The van der Waals surface area contributed by atoms with Crippen molar-refractivity contribution >= 4 is 102 Å². The molecule has 8 aromatic heterocycles. The van der Waals surface area contributed by atoms with Crippen molar-refractivity contribution in [3.63, 3.8) is 0 Å². The first-order valence-electron chi connectivity index (χ1n) is 44.5. The summed E-state index contributed by atoms with van der Waals surface area (Å²) in [5.41, 5.74) is 21.9. The van der Waals surface area contributed by atoms with Crippen LogP contribution >= 0.6 is 11.6 Å². The summed E-state index contributed by atoms with van der Waals surface area (Å²) in [6, 6.07) is 124. The van der Waals surface area contributed by atoms with Gasteiger partial charge in [-0.25, -0.2) is 44.9 Å². The van der Waals surface area contributed by atoms with E-state index in [0.29, 0.717) is 40.1 Å². The van der Waals surface area contributed by atoms with Crippen LogP contribution in [0.15, 0.2) is 383 Å². The van der Waals surface area contributed by atoms with Crippen LogP contribution in [0.1, 0.15) is 55.4 Å². The van der Waals surface area contributed by atoms with Gasteiger partial charge in [-0.1, -0.05) is 291 Å². The van der Waals surface area contributed by atoms with E-state index in [0.717, 1.165) is 177 Å². The Morgan fingerprint density at radius 3 is 0.752 bits per heavy atom. The van der Waals surface area contributed by atoms with Gasteiger partial charge in [-0.15, -0.1) is 0 Å². The predicted octanol–water partition coefficient (Wildman–Crippen LogP) is 26.0. The summed E-state index contributed by atoms with van der Waals surface area (Å²) in [5, 5.41) is 6.75. The van der Waals surface area contributed by atoms with Crippen LogP contribution in [0.4, 0.5) is 0 Å². The van der Waals surface area contributed by atoms with Crippen LogP contribution in [0.3, 0.4) is 0 Å². The lowest BCUT2D eigenvalue weighted by Crippen LogP contribution is -2.41. The van der Waals surface area contributed by atoms with Gasteiger partial charge in [0.1, 0.15) is 5.15 Å². The molecule has 0 amide bonds. The van der Waals surface area contributed by atoms with E-state index in [4.69, 9.17) is 80.1 Å². The number of rotatable bonds is 14. The molecule has 13 aromatic carbocycles. The molecule has 640 valence electrons. The number of hydrogen-bond donors (Lipinski definition) is 0. The first-order valence-corrected chi connectivity index (χ1v) is 44.8. The molecule has 16 nitrogen and oxygen atoms in total. The Hall–Kier alpha value is -15.4. The maximum atomic E-state index is 6.58. The Morgan fingerprint density at radius 1 is 0.195 bits per heavy atom. The molecule has 0 saturated carbocycles. The highest BCUT2D eigenvalue weighted by atomic mass is 35.5. The summed E-state index contributed by atoms with van der Waals surface area (Å²) < 4.78 is 26.3. The summed E-state index contributed by atoms with van der Waals surface area (Å²) in [7, 11) is -1.25. The fraction of sp³-hybridized carbons (Fsp3) is 0.105. The molecule has 2 saturated heterocycles. The van der Waals surface area contributed by atoms with Gasteiger partial charge in [0.25, 0.3) is 0 Å². The molecule has 0 bridgehead atoms. The van der Waals surface area contributed by atoms with Crippen LogP contribution < -0.4 is 10.9 Å². The molecule has 10 heterocycles. The molecule has 0 spiro atoms. The summed E-state index contributed by atoms with van der Waals surface area (Å²) in [5.74, 6) is 3.31. The minimum Gasteiger partial charge on any atom is -0.399 e. The van der Waals surface area contributed by atoms with Gasteiger partial charge in [-0.3, -0.25) is 15.0 Å². The van der Waals surface area contributed by atoms with Crippen LogP contribution in [-0.4, -0.2) is 96.4 Å². The lowest BCUT2D eigenvalue weighted by Gasteiger charge is -2.32. The van der Waals surface area contributed by atoms with Gasteiger partial charge >= 0.3 is 14.2 Å². The molecule has 0 unspecified atom stereocenters. The molecule has 0 aliphatic carbocycles. The van der Waals surface area contributed by atoms with Crippen molar-refractivity contribution in [1.82, 2.24) is 59.8 Å². The number of benzene rings is 13. The highest BCUT2D eigenvalue weighted by Gasteiger charge is 2.54. The zero-order valence-electron chi connectivity index (χ0n) is 74.4. The quantitative estimate of drug-likeness (QED) is 0.0567. The zero-order chi connectivity index (χ0) is 90.5. The monoisotopic (exact) mass is 1740 g/mol. The topological polar surface area (TPSA) is 192 Å². The SMILES string of the molecule is CC1(C)OB(c2cc(B3OC(C)(C)C(C)(C)O3)cc(-c3nc(-c4cccc(-c5ccccc5)c4)nc(-c4cccc(-c5ccccc5)c4)n3)c2)OC1(C)C.Clc1ccc2ccc3cccnc3c2n1.c1ccc(-c2cccc(-c3nc(-c4cccc(-c5ccccc5)c4)nc(-c4cc(-c5ccc6ccc7cccnc7c6n5)cc(-c5ccc6ccc7cccnc7c6n5)c4)n3)c2)cc1. The zero-order valence-corrected chi connectivity index (χ0v) is 75.2. The minimum absolute atomic E-state index is 0.501. The molecular weight excluding hydrogens is 1660 g/mol. The van der Waals surface area contributed by atoms with Gasteiger partial charge in [0.2, 0.25) is 0 Å². The van der Waals surface area contributed by atoms with Gasteiger partial charge in [0, 0.05) is 95.4 Å². The van der Waals surface area contributed by atoms with Crippen molar-refractivity contribution in [2.75, 3.05) is 0 Å². The van der Waals surface area contributed by atoms with Crippen molar-refractivity contribution in [3.05, 3.63) is 388 Å². The van der Waals surface area contributed by atoms with E-state index in [9.17, 15) is 0 Å². The highest BCUT2D eigenvalue weighted by Crippen LogP contribution is 2.42. The predicted molar refractivity (Wildman–Crippen MR) is 540 cm³/mol. The second-order valence-electron chi connectivity index (χ2n) is 35.4. The highest BCUT2D eigenvalue weighted by molar-refractivity contribution is 6.66. The number of aromatic nitrogens is 12. The molecule has 2 aliphatic heterocycles. The molecular formula is C114H87B2ClN12O4. The molecule has 2 fully saturated rings. The molecule has 2 aliphatic rings. The minimum atomic E-state index is -0.623. The fourth-order valence-corrected chi connectivity index (χ4v) is 17.1. The Morgan fingerprint density at radius 2 is 0.436 bits per heavy atom. The molecule has 0 radical (unpaired) electrons. The smallest absolute Gasteiger partial charge is 0.399 e. The number of halogens is 1. The third kappa shape index (κ3) is 17.3. The average Bonchev–Trinajstić information content (AvgIpc) is 0.956. The third-order valence-corrected chi connectivity index (χ3v) is 25.7. The van der Waals surface area contributed by atoms with Crippen LogP contribution in [0.25, 0.3) is 201 Å². The lowest BCUT2D eigenvalue weighted by atomic mass is 9.71. The van der Waals surface area contributed by atoms with E-state index < -0.39 is 36.6 Å². The molecule has 23 rings (SSSR count). The summed E-state index contributed by atoms with van der Waals surface area (Å²) >= 11 is 5.88. The molecule has 0 N–H and O–H groups in total. The number of nitrogens with zero attached hydrogens (tertiary/aromatic N) is 12. The standard InChI is InChI=1S/C57H35N7.C45H45B2N3O4.C12H7ClN2/c1-3-11-36(12-4-1)42-15-7-17-44(31-42)55-62-56(45-18-8-16-43(32-45)37-13-5-2-6-14-37)64-57(63-55)48-34-46(49-27-25-40-23-21-38-19-9-29-58-51(38)53(40)60-49)33-47(35-48)50-28-26-41-24-22-39-20-10-30-59-52(39)54(41)61-50;1-42(2)43(3,4)52-46(51-42)37-27-36(28-38(29-37)47-53-44(5,6)45(7,8)54-47)41-49-39(34-23-15-21-32(25-34)30-17-11-9-12-18-30)48-40(50-41)35-24-16-22-33(26-35)31-19-13-10-14-20-31;13-10-6-5-9-4-3-8-2-1-7-14-11(8)12(9)15-10/h1-35H;9-29H,1-8H3;1-7H. The third-order valence-electron chi connectivity index (χ3n) is 25.5. The first kappa shape index (κ1) is 84.4. The van der Waals surface area contributed by atoms with Crippen molar-refractivity contribution < 1.29 is 18.6 Å². The van der Waals surface area contributed by atoms with E-state index in [-0.39, 0.29) is 0 Å². The van der Waals surface area contributed by atoms with E-state index in [1.54, 1.807) is 12.3 Å². The van der Waals surface area contributed by atoms with Gasteiger partial charge < -0.3 is 18.6 Å². The van der Waals surface area contributed by atoms with Gasteiger partial charge in [-0.05, 0) is 196 Å². The average molecular weight is 1750 g/mol. The molecule has 0 atom stereocenters. The normalized spacial score (nSPS) is 14.1. The van der Waals surface area contributed by atoms with Crippen molar-refractivity contribution in [2.45, 2.75) is 77.8 Å². The first-order chi connectivity index (χ1) is 64.7. The van der Waals surface area contributed by atoms with Gasteiger partial charge in [-0.2, -0.15) is 0 Å². The van der Waals surface area contributed by atoms with Crippen LogP contribution in [-0.2, 0) is 18.6 Å². The van der Waals surface area contributed by atoms with Gasteiger partial charge in [0.15, 0.2) is 34.9 Å². The molecule has 19 heteroatoms. The summed E-state index contributed by atoms with van der Waals surface area (Å²) in [6.45, 7) is 16.5. The Kier molecular flexibility index (Phi) is 22.3. The van der Waals surface area contributed by atoms with Crippen molar-refractivity contribution in [1.29, 1.82) is 0 Å². The number of hydrogen-bond acceptors (Lipinski definition) is 16. The van der Waals surface area contributed by atoms with E-state index >= 15 is 0 Å². The largest absolute Gasteiger partial charge is 0.494 e.